The Kier molecular flexibility index (Phi) is 6.81. The summed E-state index contributed by atoms with van der Waals surface area (Å²) in [5.41, 5.74) is 0.315. The third-order valence-corrected chi connectivity index (χ3v) is 8.30. The summed E-state index contributed by atoms with van der Waals surface area (Å²) in [5.74, 6) is -3.72. The Morgan fingerprint density at radius 1 is 1.31 bits per heavy atom. The number of carbonyl (C=O) groups is 3. The van der Waals surface area contributed by atoms with Gasteiger partial charge in [-0.1, -0.05) is 32.1 Å². The first kappa shape index (κ1) is 26.4. The van der Waals surface area contributed by atoms with Crippen molar-refractivity contribution in [2.45, 2.75) is 77.2 Å². The highest BCUT2D eigenvalue weighted by molar-refractivity contribution is 6.05. The van der Waals surface area contributed by atoms with Crippen LogP contribution in [0, 0.1) is 31.6 Å². The second-order valence-corrected chi connectivity index (χ2v) is 11.3. The predicted molar refractivity (Wildman–Crippen MR) is 135 cm³/mol. The quantitative estimate of drug-likeness (QED) is 0.507. The molecule has 0 radical (unpaired) electrons. The molecule has 3 fully saturated rings. The summed E-state index contributed by atoms with van der Waals surface area (Å²) in [6.45, 7) is 13.3. The van der Waals surface area contributed by atoms with E-state index < -0.39 is 47.0 Å². The number of hydrogen-bond donors (Lipinski definition) is 2. The van der Waals surface area contributed by atoms with Gasteiger partial charge >= 0.3 is 5.97 Å². The van der Waals surface area contributed by atoms with Crippen molar-refractivity contribution in [1.29, 1.82) is 0 Å². The molecule has 0 aliphatic carbocycles. The van der Waals surface area contributed by atoms with Crippen LogP contribution in [0.1, 0.15) is 51.2 Å². The van der Waals surface area contributed by atoms with Gasteiger partial charge in [-0.3, -0.25) is 14.4 Å². The number of aryl methyl sites for hydroxylation is 2. The molecule has 1 spiro atoms. The lowest BCUT2D eigenvalue weighted by atomic mass is 9.66. The van der Waals surface area contributed by atoms with E-state index in [2.05, 4.69) is 6.58 Å². The zero-order valence-electron chi connectivity index (χ0n) is 21.9. The zero-order valence-corrected chi connectivity index (χ0v) is 21.9. The number of carboxylic acid groups (broad SMARTS) is 1. The van der Waals surface area contributed by atoms with Gasteiger partial charge in [0.05, 0.1) is 30.1 Å². The number of aliphatic hydroxyl groups is 1. The molecule has 8 nitrogen and oxygen atoms in total. The molecule has 3 aliphatic heterocycles. The first-order chi connectivity index (χ1) is 16.9. The molecule has 3 aliphatic rings. The van der Waals surface area contributed by atoms with E-state index in [4.69, 9.17) is 4.74 Å². The topological polar surface area (TPSA) is 107 Å². The number of carbonyl (C=O) groups excluding carboxylic acids is 2. The van der Waals surface area contributed by atoms with Gasteiger partial charge in [0.15, 0.2) is 0 Å². The van der Waals surface area contributed by atoms with Crippen molar-refractivity contribution in [1.82, 2.24) is 4.90 Å². The van der Waals surface area contributed by atoms with Gasteiger partial charge in [0, 0.05) is 12.2 Å². The van der Waals surface area contributed by atoms with E-state index in [0.717, 1.165) is 11.1 Å². The molecule has 1 aromatic rings. The number of nitrogens with zero attached hydrogens (tertiary/aromatic N) is 2. The van der Waals surface area contributed by atoms with Crippen molar-refractivity contribution in [3.05, 3.63) is 42.0 Å². The lowest BCUT2D eigenvalue weighted by Crippen LogP contribution is -2.59. The number of likely N-dealkylation sites (tertiary alicyclic amines) is 1. The number of aliphatic carboxylic acids is 1. The average Bonchev–Trinajstić information content (AvgIpc) is 3.38. The first-order valence-corrected chi connectivity index (χ1v) is 12.8. The molecule has 8 heteroatoms. The summed E-state index contributed by atoms with van der Waals surface area (Å²) in [6.07, 6.45) is 2.98. The van der Waals surface area contributed by atoms with Crippen LogP contribution < -0.4 is 4.90 Å². The van der Waals surface area contributed by atoms with Crippen LogP contribution >= 0.6 is 0 Å². The number of benzene rings is 1. The van der Waals surface area contributed by atoms with E-state index >= 15 is 0 Å². The van der Waals surface area contributed by atoms with E-state index in [1.165, 1.54) is 4.90 Å². The van der Waals surface area contributed by atoms with Crippen molar-refractivity contribution in [2.75, 3.05) is 18.1 Å². The van der Waals surface area contributed by atoms with Crippen LogP contribution in [0.2, 0.25) is 0 Å². The van der Waals surface area contributed by atoms with Crippen LogP contribution in [0.3, 0.4) is 0 Å². The number of anilines is 1. The number of aliphatic hydroxyl groups excluding tert-OH is 1. The van der Waals surface area contributed by atoms with Crippen LogP contribution in [0.25, 0.3) is 0 Å². The Labute approximate surface area is 212 Å². The standard InChI is InChI=1S/C28H38N2O6/c1-7-12-29(20-14-17(4)8-9-18(20)5)25(33)23-28-11-10-27(6,36-28)22(26(34)35)21(28)24(32)30(23)19(15-31)13-16(2)3/h7-9,14,16,19,21-23,31H,1,10-13,15H2,2-6H3,(H,34,35)/t19-,21+,22+,23?,27-,28?/m1/s1. The molecule has 2 amide bonds. The van der Waals surface area contributed by atoms with Gasteiger partial charge in [-0.25, -0.2) is 0 Å². The van der Waals surface area contributed by atoms with Gasteiger partial charge < -0.3 is 24.7 Å². The highest BCUT2D eigenvalue weighted by Gasteiger charge is 2.78. The zero-order chi connectivity index (χ0) is 26.6. The second kappa shape index (κ2) is 9.30. The van der Waals surface area contributed by atoms with E-state index in [1.807, 2.05) is 45.9 Å². The summed E-state index contributed by atoms with van der Waals surface area (Å²) >= 11 is 0. The molecule has 2 N–H and O–H groups in total. The SMILES string of the molecule is C=CCN(C(=O)C1N([C@@H](CO)CC(C)C)C(=O)[C@@H]2[C@@H](C(=O)O)[C@@]3(C)CCC12O3)c1cc(C)ccc1C. The van der Waals surface area contributed by atoms with Gasteiger partial charge in [-0.05, 0) is 63.1 Å². The molecular formula is C28H38N2O6. The molecule has 3 heterocycles. The Balaban J connectivity index is 1.88. The third kappa shape index (κ3) is 3.86. The molecular weight excluding hydrogens is 460 g/mol. The summed E-state index contributed by atoms with van der Waals surface area (Å²) in [5, 5.41) is 20.5. The number of hydrogen-bond acceptors (Lipinski definition) is 5. The smallest absolute Gasteiger partial charge is 0.310 e. The molecule has 6 atom stereocenters. The summed E-state index contributed by atoms with van der Waals surface area (Å²) in [7, 11) is 0. The van der Waals surface area contributed by atoms with Crippen LogP contribution in [0.5, 0.6) is 0 Å². The van der Waals surface area contributed by atoms with Crippen molar-refractivity contribution in [3.63, 3.8) is 0 Å². The summed E-state index contributed by atoms with van der Waals surface area (Å²) in [4.78, 5) is 44.1. The number of fused-ring (bicyclic) bond motifs is 1. The van der Waals surface area contributed by atoms with Gasteiger partial charge in [-0.2, -0.15) is 0 Å². The molecule has 36 heavy (non-hydrogen) atoms. The van der Waals surface area contributed by atoms with Gasteiger partial charge in [0.1, 0.15) is 11.6 Å². The molecule has 2 bridgehead atoms. The van der Waals surface area contributed by atoms with Crippen molar-refractivity contribution >= 4 is 23.5 Å². The lowest BCUT2D eigenvalue weighted by Gasteiger charge is -2.40. The van der Waals surface area contributed by atoms with Crippen molar-refractivity contribution in [3.8, 4) is 0 Å². The van der Waals surface area contributed by atoms with Crippen molar-refractivity contribution < 1.29 is 29.3 Å². The Morgan fingerprint density at radius 2 is 2.00 bits per heavy atom. The molecule has 3 saturated heterocycles. The molecule has 0 saturated carbocycles. The Bertz CT molecular complexity index is 1090. The van der Waals surface area contributed by atoms with Crippen LogP contribution in [-0.2, 0) is 19.1 Å². The summed E-state index contributed by atoms with van der Waals surface area (Å²) in [6, 6.07) is 4.18. The fraction of sp³-hybridized carbons (Fsp3) is 0.607. The number of rotatable bonds is 9. The maximum absolute atomic E-state index is 14.5. The van der Waals surface area contributed by atoms with E-state index in [1.54, 1.807) is 17.9 Å². The monoisotopic (exact) mass is 498 g/mol. The summed E-state index contributed by atoms with van der Waals surface area (Å²) < 4.78 is 6.50. The predicted octanol–water partition coefficient (Wildman–Crippen LogP) is 3.08. The van der Waals surface area contributed by atoms with E-state index in [0.29, 0.717) is 24.9 Å². The lowest BCUT2D eigenvalue weighted by molar-refractivity contribution is -0.156. The fourth-order valence-electron chi connectivity index (χ4n) is 6.83. The number of ether oxygens (including phenoxy) is 1. The van der Waals surface area contributed by atoms with E-state index in [9.17, 15) is 24.6 Å². The van der Waals surface area contributed by atoms with E-state index in [-0.39, 0.29) is 25.0 Å². The highest BCUT2D eigenvalue weighted by atomic mass is 16.5. The van der Waals surface area contributed by atoms with Crippen molar-refractivity contribution in [2.24, 2.45) is 17.8 Å². The number of amides is 2. The van der Waals surface area contributed by atoms with Crippen LogP contribution in [0.15, 0.2) is 30.9 Å². The van der Waals surface area contributed by atoms with Gasteiger partial charge in [-0.15, -0.1) is 6.58 Å². The number of carboxylic acids is 1. The average molecular weight is 499 g/mol. The normalized spacial score (nSPS) is 31.6. The minimum Gasteiger partial charge on any atom is -0.481 e. The molecule has 0 aromatic heterocycles. The van der Waals surface area contributed by atoms with Gasteiger partial charge in [0.2, 0.25) is 5.91 Å². The molecule has 1 aromatic carbocycles. The second-order valence-electron chi connectivity index (χ2n) is 11.3. The molecule has 4 rings (SSSR count). The van der Waals surface area contributed by atoms with Gasteiger partial charge in [0.25, 0.3) is 5.91 Å². The highest BCUT2D eigenvalue weighted by Crippen LogP contribution is 2.63. The largest absolute Gasteiger partial charge is 0.481 e. The first-order valence-electron chi connectivity index (χ1n) is 12.8. The van der Waals surface area contributed by atoms with Crippen LogP contribution in [-0.4, -0.2) is 69.3 Å². The fourth-order valence-corrected chi connectivity index (χ4v) is 6.83. The minimum atomic E-state index is -1.26. The van der Waals surface area contributed by atoms with Crippen LogP contribution in [0.4, 0.5) is 5.69 Å². The molecule has 2 unspecified atom stereocenters. The molecule has 196 valence electrons. The maximum Gasteiger partial charge on any atom is 0.310 e. The Hall–Kier alpha value is -2.71. The minimum absolute atomic E-state index is 0.150. The Morgan fingerprint density at radius 3 is 2.58 bits per heavy atom. The third-order valence-electron chi connectivity index (χ3n) is 8.30. The maximum atomic E-state index is 14.5.